The van der Waals surface area contributed by atoms with Gasteiger partial charge in [-0.25, -0.2) is 12.7 Å². The van der Waals surface area contributed by atoms with E-state index >= 15 is 0 Å². The summed E-state index contributed by atoms with van der Waals surface area (Å²) in [6.45, 7) is 1.83. The minimum Gasteiger partial charge on any atom is -0.381 e. The Kier molecular flexibility index (Phi) is 5.22. The minimum atomic E-state index is -3.59. The van der Waals surface area contributed by atoms with Gasteiger partial charge in [0, 0.05) is 26.8 Å². The monoisotopic (exact) mass is 328 g/mol. The van der Waals surface area contributed by atoms with E-state index in [1.165, 1.54) is 22.5 Å². The Morgan fingerprint density at radius 2 is 2.10 bits per heavy atom. The van der Waals surface area contributed by atoms with E-state index < -0.39 is 10.0 Å². The summed E-state index contributed by atoms with van der Waals surface area (Å²) in [5.74, 6) is 0.312. The van der Waals surface area contributed by atoms with Crippen LogP contribution in [0.25, 0.3) is 0 Å². The molecular formula is C14H17ClN2O3S. The SMILES string of the molecule is CN(CC1CCOCC1)S(=O)(=O)c1ccc(C#N)c(Cl)c1. The zero-order valence-electron chi connectivity index (χ0n) is 11.8. The third-order valence-electron chi connectivity index (χ3n) is 3.63. The van der Waals surface area contributed by atoms with Crippen LogP contribution in [0.4, 0.5) is 0 Å². The van der Waals surface area contributed by atoms with Crippen molar-refractivity contribution in [3.05, 3.63) is 28.8 Å². The lowest BCUT2D eigenvalue weighted by Crippen LogP contribution is -2.34. The first kappa shape index (κ1) is 16.2. The highest BCUT2D eigenvalue weighted by Crippen LogP contribution is 2.24. The highest BCUT2D eigenvalue weighted by Gasteiger charge is 2.25. The second-order valence-corrected chi connectivity index (χ2v) is 7.55. The molecule has 1 aromatic rings. The number of rotatable bonds is 4. The van der Waals surface area contributed by atoms with Crippen LogP contribution in [0.15, 0.2) is 23.1 Å². The first-order chi connectivity index (χ1) is 9.95. The average molecular weight is 329 g/mol. The predicted octanol–water partition coefficient (Wildman–Crippen LogP) is 2.26. The van der Waals surface area contributed by atoms with Crippen LogP contribution in [0.5, 0.6) is 0 Å². The number of nitriles is 1. The Balaban J connectivity index is 2.16. The molecule has 5 nitrogen and oxygen atoms in total. The number of hydrogen-bond donors (Lipinski definition) is 0. The van der Waals surface area contributed by atoms with E-state index in [9.17, 15) is 8.42 Å². The predicted molar refractivity (Wildman–Crippen MR) is 79.5 cm³/mol. The fraction of sp³-hybridized carbons (Fsp3) is 0.500. The van der Waals surface area contributed by atoms with Crippen molar-refractivity contribution in [3.8, 4) is 6.07 Å². The number of halogens is 1. The first-order valence-electron chi connectivity index (χ1n) is 6.69. The molecule has 0 aliphatic carbocycles. The first-order valence-corrected chi connectivity index (χ1v) is 8.50. The molecule has 0 spiro atoms. The zero-order chi connectivity index (χ0) is 15.5. The van der Waals surface area contributed by atoms with Crippen LogP contribution >= 0.6 is 11.6 Å². The van der Waals surface area contributed by atoms with Crippen LogP contribution < -0.4 is 0 Å². The van der Waals surface area contributed by atoms with Gasteiger partial charge in [-0.3, -0.25) is 0 Å². The lowest BCUT2D eigenvalue weighted by molar-refractivity contribution is 0.0620. The molecule has 2 rings (SSSR count). The maximum atomic E-state index is 12.5. The van der Waals surface area contributed by atoms with Crippen LogP contribution in [-0.2, 0) is 14.8 Å². The molecule has 0 unspecified atom stereocenters. The van der Waals surface area contributed by atoms with Crippen molar-refractivity contribution >= 4 is 21.6 Å². The van der Waals surface area contributed by atoms with Gasteiger partial charge in [-0.1, -0.05) is 11.6 Å². The number of hydrogen-bond acceptors (Lipinski definition) is 4. The number of ether oxygens (including phenoxy) is 1. The van der Waals surface area contributed by atoms with Gasteiger partial charge in [0.25, 0.3) is 0 Å². The third-order valence-corrected chi connectivity index (χ3v) is 5.76. The second-order valence-electron chi connectivity index (χ2n) is 5.09. The largest absolute Gasteiger partial charge is 0.381 e. The van der Waals surface area contributed by atoms with Gasteiger partial charge in [0.05, 0.1) is 15.5 Å². The minimum absolute atomic E-state index is 0.112. The molecule has 0 atom stereocenters. The molecule has 0 bridgehead atoms. The van der Waals surface area contributed by atoms with Crippen molar-refractivity contribution in [2.24, 2.45) is 5.92 Å². The molecule has 21 heavy (non-hydrogen) atoms. The molecule has 0 radical (unpaired) electrons. The highest BCUT2D eigenvalue weighted by atomic mass is 35.5. The van der Waals surface area contributed by atoms with Gasteiger partial charge in [-0.2, -0.15) is 5.26 Å². The number of sulfonamides is 1. The summed E-state index contributed by atoms with van der Waals surface area (Å²) in [6, 6.07) is 6.09. The van der Waals surface area contributed by atoms with Crippen LogP contribution in [0, 0.1) is 17.2 Å². The Labute approximate surface area is 130 Å². The maximum absolute atomic E-state index is 12.5. The molecule has 1 aromatic carbocycles. The highest BCUT2D eigenvalue weighted by molar-refractivity contribution is 7.89. The number of benzene rings is 1. The maximum Gasteiger partial charge on any atom is 0.242 e. The summed E-state index contributed by atoms with van der Waals surface area (Å²) in [7, 11) is -2.02. The van der Waals surface area contributed by atoms with Gasteiger partial charge in [-0.05, 0) is 37.0 Å². The fourth-order valence-electron chi connectivity index (χ4n) is 2.32. The number of nitrogens with zero attached hydrogens (tertiary/aromatic N) is 2. The summed E-state index contributed by atoms with van der Waals surface area (Å²) in [5, 5.41) is 8.98. The van der Waals surface area contributed by atoms with Crippen molar-refractivity contribution in [1.82, 2.24) is 4.31 Å². The van der Waals surface area contributed by atoms with Crippen LogP contribution in [0.2, 0.25) is 5.02 Å². The van der Waals surface area contributed by atoms with Gasteiger partial charge in [0.15, 0.2) is 0 Å². The van der Waals surface area contributed by atoms with Crippen molar-refractivity contribution < 1.29 is 13.2 Å². The smallest absolute Gasteiger partial charge is 0.242 e. The summed E-state index contributed by atoms with van der Waals surface area (Å²) in [4.78, 5) is 0.112. The molecule has 1 fully saturated rings. The average Bonchev–Trinajstić information content (AvgIpc) is 2.48. The standard InChI is InChI=1S/C14H17ClN2O3S/c1-17(10-11-4-6-20-7-5-11)21(18,19)13-3-2-12(9-16)14(15)8-13/h2-3,8,11H,4-7,10H2,1H3. The van der Waals surface area contributed by atoms with E-state index in [-0.39, 0.29) is 15.5 Å². The van der Waals surface area contributed by atoms with Crippen molar-refractivity contribution in [1.29, 1.82) is 5.26 Å². The van der Waals surface area contributed by atoms with E-state index in [1.807, 2.05) is 6.07 Å². The normalized spacial score (nSPS) is 16.9. The molecule has 1 heterocycles. The van der Waals surface area contributed by atoms with Crippen molar-refractivity contribution in [2.75, 3.05) is 26.8 Å². The van der Waals surface area contributed by atoms with E-state index in [1.54, 1.807) is 7.05 Å². The van der Waals surface area contributed by atoms with Crippen LogP contribution in [0.1, 0.15) is 18.4 Å². The molecule has 1 aliphatic heterocycles. The molecule has 0 amide bonds. The van der Waals surface area contributed by atoms with Gasteiger partial charge in [0.1, 0.15) is 6.07 Å². The lowest BCUT2D eigenvalue weighted by atomic mass is 10.0. The summed E-state index contributed by atoms with van der Waals surface area (Å²) >= 11 is 5.91. The third kappa shape index (κ3) is 3.74. The summed E-state index contributed by atoms with van der Waals surface area (Å²) in [5.41, 5.74) is 0.266. The Bertz CT molecular complexity index is 649. The molecule has 0 saturated carbocycles. The van der Waals surface area contributed by atoms with Gasteiger partial charge in [-0.15, -0.1) is 0 Å². The van der Waals surface area contributed by atoms with Crippen molar-refractivity contribution in [3.63, 3.8) is 0 Å². The van der Waals surface area contributed by atoms with E-state index in [4.69, 9.17) is 21.6 Å². The fourth-order valence-corrected chi connectivity index (χ4v) is 3.88. The Morgan fingerprint density at radius 1 is 1.43 bits per heavy atom. The second kappa shape index (κ2) is 6.75. The molecule has 0 aromatic heterocycles. The quantitative estimate of drug-likeness (QED) is 0.850. The van der Waals surface area contributed by atoms with Gasteiger partial charge >= 0.3 is 0 Å². The van der Waals surface area contributed by atoms with Gasteiger partial charge in [0.2, 0.25) is 10.0 Å². The van der Waals surface area contributed by atoms with E-state index in [0.29, 0.717) is 25.7 Å². The molecule has 0 N–H and O–H groups in total. The Morgan fingerprint density at radius 3 is 2.67 bits per heavy atom. The van der Waals surface area contributed by atoms with Crippen LogP contribution in [0.3, 0.4) is 0 Å². The Hall–Kier alpha value is -1.13. The molecule has 7 heteroatoms. The molecule has 1 saturated heterocycles. The molecular weight excluding hydrogens is 312 g/mol. The van der Waals surface area contributed by atoms with Gasteiger partial charge < -0.3 is 4.74 Å². The van der Waals surface area contributed by atoms with Crippen LogP contribution in [-0.4, -0.2) is 39.5 Å². The molecule has 114 valence electrons. The van der Waals surface area contributed by atoms with E-state index in [0.717, 1.165) is 12.8 Å². The van der Waals surface area contributed by atoms with Crippen molar-refractivity contribution in [2.45, 2.75) is 17.7 Å². The zero-order valence-corrected chi connectivity index (χ0v) is 13.3. The topological polar surface area (TPSA) is 70.4 Å². The summed E-state index contributed by atoms with van der Waals surface area (Å²) in [6.07, 6.45) is 1.74. The molecule has 1 aliphatic rings. The van der Waals surface area contributed by atoms with E-state index in [2.05, 4.69) is 0 Å². The lowest BCUT2D eigenvalue weighted by Gasteiger charge is -2.26. The summed E-state index contributed by atoms with van der Waals surface area (Å²) < 4.78 is 31.6.